The summed E-state index contributed by atoms with van der Waals surface area (Å²) in [7, 11) is 0. The maximum Gasteiger partial charge on any atom is 0.407 e. The number of nitrogens with one attached hydrogen (secondary N) is 1. The number of halogens is 1. The van der Waals surface area contributed by atoms with E-state index in [0.29, 0.717) is 10.0 Å². The van der Waals surface area contributed by atoms with Gasteiger partial charge >= 0.3 is 12.1 Å². The Labute approximate surface area is 213 Å². The van der Waals surface area contributed by atoms with E-state index in [-0.39, 0.29) is 30.1 Å². The first-order valence-corrected chi connectivity index (χ1v) is 12.2. The second-order valence-electron chi connectivity index (χ2n) is 9.78. The van der Waals surface area contributed by atoms with E-state index in [1.54, 1.807) is 6.07 Å². The highest BCUT2D eigenvalue weighted by Gasteiger charge is 2.30. The van der Waals surface area contributed by atoms with Crippen LogP contribution in [0.2, 0.25) is 0 Å². The summed E-state index contributed by atoms with van der Waals surface area (Å²) >= 11 is 3.35. The quantitative estimate of drug-likeness (QED) is 0.359. The van der Waals surface area contributed by atoms with Gasteiger partial charge in [0.05, 0.1) is 4.47 Å². The molecule has 0 fully saturated rings. The molecule has 0 radical (unpaired) electrons. The molecule has 1 amide bonds. The summed E-state index contributed by atoms with van der Waals surface area (Å²) in [5.41, 5.74) is 5.53. The minimum Gasteiger partial charge on any atom is -0.506 e. The van der Waals surface area contributed by atoms with Crippen molar-refractivity contribution in [1.29, 1.82) is 0 Å². The third-order valence-corrected chi connectivity index (χ3v) is 6.97. The molecule has 1 atom stereocenters. The molecule has 3 N–H and O–H groups in total. The molecule has 0 saturated heterocycles. The minimum absolute atomic E-state index is 0.0430. The second kappa shape index (κ2) is 9.74. The molecule has 7 heteroatoms. The van der Waals surface area contributed by atoms with Crippen LogP contribution in [0.15, 0.2) is 65.1 Å². The molecule has 1 unspecified atom stereocenters. The molecule has 0 spiro atoms. The molecule has 3 aromatic rings. The summed E-state index contributed by atoms with van der Waals surface area (Å²) in [5.74, 6) is -1.38. The number of benzene rings is 3. The molecule has 0 bridgehead atoms. The molecule has 4 rings (SSSR count). The van der Waals surface area contributed by atoms with Crippen molar-refractivity contribution in [3.63, 3.8) is 0 Å². The Morgan fingerprint density at radius 1 is 1.03 bits per heavy atom. The average Bonchev–Trinajstić information content (AvgIpc) is 3.13. The lowest BCUT2D eigenvalue weighted by molar-refractivity contribution is -0.139. The van der Waals surface area contributed by atoms with Gasteiger partial charge in [-0.1, -0.05) is 75.4 Å². The summed E-state index contributed by atoms with van der Waals surface area (Å²) in [5, 5.41) is 22.7. The summed E-state index contributed by atoms with van der Waals surface area (Å²) in [6, 6.07) is 18.3. The third-order valence-electron chi connectivity index (χ3n) is 6.37. The Balaban J connectivity index is 1.48. The maximum absolute atomic E-state index is 12.6. The van der Waals surface area contributed by atoms with Crippen LogP contribution in [0.3, 0.4) is 0 Å². The van der Waals surface area contributed by atoms with E-state index in [1.165, 1.54) is 0 Å². The molecule has 182 valence electrons. The molecule has 6 nitrogen and oxygen atoms in total. The predicted octanol–water partition coefficient (Wildman–Crippen LogP) is 5.99. The van der Waals surface area contributed by atoms with Crippen LogP contribution in [0, 0.1) is 0 Å². The molecular formula is C28H28BrNO5. The number of hydrogen-bond acceptors (Lipinski definition) is 4. The number of aromatic hydroxyl groups is 1. The number of phenols is 1. The summed E-state index contributed by atoms with van der Waals surface area (Å²) in [4.78, 5) is 24.6. The van der Waals surface area contributed by atoms with E-state index >= 15 is 0 Å². The van der Waals surface area contributed by atoms with Gasteiger partial charge in [0.25, 0.3) is 0 Å². The number of carboxylic acids is 1. The van der Waals surface area contributed by atoms with Gasteiger partial charge in [0.2, 0.25) is 0 Å². The van der Waals surface area contributed by atoms with E-state index in [2.05, 4.69) is 21.2 Å². The van der Waals surface area contributed by atoms with Crippen molar-refractivity contribution in [2.75, 3.05) is 6.61 Å². The van der Waals surface area contributed by atoms with Gasteiger partial charge in [-0.25, -0.2) is 9.59 Å². The molecular weight excluding hydrogens is 510 g/mol. The van der Waals surface area contributed by atoms with Crippen molar-refractivity contribution < 1.29 is 24.5 Å². The third kappa shape index (κ3) is 5.20. The van der Waals surface area contributed by atoms with Crippen molar-refractivity contribution >= 4 is 28.0 Å². The zero-order valence-electron chi connectivity index (χ0n) is 19.8. The van der Waals surface area contributed by atoms with E-state index in [9.17, 15) is 19.8 Å². The van der Waals surface area contributed by atoms with Crippen molar-refractivity contribution in [1.82, 2.24) is 5.32 Å². The number of fused-ring (bicyclic) bond motifs is 3. The van der Waals surface area contributed by atoms with Crippen molar-refractivity contribution in [2.24, 2.45) is 0 Å². The fourth-order valence-corrected chi connectivity index (χ4v) is 4.95. The van der Waals surface area contributed by atoms with Crippen molar-refractivity contribution in [3.05, 3.63) is 87.4 Å². The lowest BCUT2D eigenvalue weighted by atomic mass is 9.85. The number of alkyl carbamates (subject to hydrolysis) is 1. The molecule has 0 saturated carbocycles. The van der Waals surface area contributed by atoms with Crippen LogP contribution in [-0.4, -0.2) is 34.9 Å². The number of rotatable bonds is 6. The number of aliphatic carboxylic acids is 1. The van der Waals surface area contributed by atoms with E-state index in [1.807, 2.05) is 75.4 Å². The van der Waals surface area contributed by atoms with Crippen molar-refractivity contribution in [2.45, 2.75) is 44.6 Å². The van der Waals surface area contributed by atoms with E-state index in [4.69, 9.17) is 4.74 Å². The highest BCUT2D eigenvalue weighted by molar-refractivity contribution is 9.10. The number of carbonyl (C=O) groups excluding carboxylic acids is 1. The summed E-state index contributed by atoms with van der Waals surface area (Å²) in [6.45, 7) is 6.17. The van der Waals surface area contributed by atoms with Crippen LogP contribution in [0.5, 0.6) is 5.75 Å². The molecule has 1 aliphatic carbocycles. The molecule has 0 aliphatic heterocycles. The van der Waals surface area contributed by atoms with E-state index in [0.717, 1.165) is 27.8 Å². The first-order valence-electron chi connectivity index (χ1n) is 11.4. The SMILES string of the molecule is CC(C)(C)c1cc(Br)c(O)c(CC(NC(=O)OCC2c3ccccc3-c3ccccc32)C(=O)O)c1. The zero-order chi connectivity index (χ0) is 25.3. The number of amides is 1. The first-order chi connectivity index (χ1) is 16.6. The van der Waals surface area contributed by atoms with Gasteiger partial charge in [-0.2, -0.15) is 0 Å². The van der Waals surface area contributed by atoms with Crippen molar-refractivity contribution in [3.8, 4) is 16.9 Å². The van der Waals surface area contributed by atoms with Gasteiger partial charge in [-0.15, -0.1) is 0 Å². The Morgan fingerprint density at radius 2 is 1.60 bits per heavy atom. The lowest BCUT2D eigenvalue weighted by Crippen LogP contribution is -2.43. The Bertz CT molecular complexity index is 1240. The fraction of sp³-hybridized carbons (Fsp3) is 0.286. The van der Waals surface area contributed by atoms with Gasteiger partial charge in [-0.3, -0.25) is 0 Å². The molecule has 0 heterocycles. The Hall–Kier alpha value is -3.32. The second-order valence-corrected chi connectivity index (χ2v) is 10.6. The van der Waals surface area contributed by atoms with Gasteiger partial charge in [0.1, 0.15) is 18.4 Å². The topological polar surface area (TPSA) is 95.9 Å². The number of carboxylic acid groups (broad SMARTS) is 1. The summed E-state index contributed by atoms with van der Waals surface area (Å²) < 4.78 is 5.98. The fourth-order valence-electron chi connectivity index (χ4n) is 4.45. The summed E-state index contributed by atoms with van der Waals surface area (Å²) in [6.07, 6.45) is -0.904. The van der Waals surface area contributed by atoms with Crippen LogP contribution < -0.4 is 5.32 Å². The molecule has 1 aliphatic rings. The Kier molecular flexibility index (Phi) is 6.90. The smallest absolute Gasteiger partial charge is 0.407 e. The largest absolute Gasteiger partial charge is 0.506 e. The normalized spacial score (nSPS) is 13.6. The number of ether oxygens (including phenoxy) is 1. The van der Waals surface area contributed by atoms with Gasteiger partial charge < -0.3 is 20.3 Å². The molecule has 0 aromatic heterocycles. The lowest BCUT2D eigenvalue weighted by Gasteiger charge is -2.22. The number of phenolic OH excluding ortho intramolecular Hbond substituents is 1. The highest BCUT2D eigenvalue weighted by atomic mass is 79.9. The molecule has 35 heavy (non-hydrogen) atoms. The van der Waals surface area contributed by atoms with Gasteiger partial charge in [0, 0.05) is 12.3 Å². The van der Waals surface area contributed by atoms with Crippen LogP contribution in [-0.2, 0) is 21.4 Å². The number of hydrogen-bond donors (Lipinski definition) is 3. The maximum atomic E-state index is 12.6. The monoisotopic (exact) mass is 537 g/mol. The van der Waals surface area contributed by atoms with Gasteiger partial charge in [0.15, 0.2) is 0 Å². The van der Waals surface area contributed by atoms with Crippen LogP contribution >= 0.6 is 15.9 Å². The number of carbonyl (C=O) groups is 2. The van der Waals surface area contributed by atoms with Gasteiger partial charge in [-0.05, 0) is 60.8 Å². The molecule has 3 aromatic carbocycles. The first kappa shape index (κ1) is 24.8. The highest BCUT2D eigenvalue weighted by Crippen LogP contribution is 2.44. The van der Waals surface area contributed by atoms with Crippen LogP contribution in [0.25, 0.3) is 11.1 Å². The minimum atomic E-state index is -1.27. The standard InChI is InChI=1S/C28H28BrNO5/c1-28(2,3)17-12-16(25(31)23(29)14-17)13-24(26(32)33)30-27(34)35-15-22-20-10-6-4-8-18(20)19-9-5-7-11-21(19)22/h4-12,14,22,24,31H,13,15H2,1-3H3,(H,30,34)(H,32,33). The van der Waals surface area contributed by atoms with Crippen LogP contribution in [0.1, 0.15) is 48.9 Å². The zero-order valence-corrected chi connectivity index (χ0v) is 21.4. The van der Waals surface area contributed by atoms with E-state index < -0.39 is 18.1 Å². The Morgan fingerprint density at radius 3 is 2.14 bits per heavy atom. The van der Waals surface area contributed by atoms with Crippen LogP contribution in [0.4, 0.5) is 4.79 Å². The average molecular weight is 538 g/mol. The predicted molar refractivity (Wildman–Crippen MR) is 138 cm³/mol.